The predicted molar refractivity (Wildman–Crippen MR) is 437 cm³/mol. The lowest BCUT2D eigenvalue weighted by Gasteiger charge is -2.09. The van der Waals surface area contributed by atoms with Crippen LogP contribution in [0.3, 0.4) is 0 Å². The number of nitrogens with zero attached hydrogens (tertiary/aromatic N) is 5. The predicted octanol–water partition coefficient (Wildman–Crippen LogP) is 21.1. The van der Waals surface area contributed by atoms with E-state index in [1.54, 1.807) is 116 Å². The van der Waals surface area contributed by atoms with Crippen molar-refractivity contribution in [2.45, 2.75) is 34.1 Å². The van der Waals surface area contributed by atoms with Crippen molar-refractivity contribution >= 4 is 120 Å². The molecule has 0 fully saturated rings. The maximum atomic E-state index is 12.8. The second-order valence-electron chi connectivity index (χ2n) is 24.1. The third kappa shape index (κ3) is 26.1. The number of aryl methyl sites for hydroxylation is 2. The molecule has 10 amide bonds. The average molecular weight is 1560 g/mol. The summed E-state index contributed by atoms with van der Waals surface area (Å²) in [5, 5.41) is 27.7. The molecule has 0 spiro atoms. The summed E-state index contributed by atoms with van der Waals surface area (Å²) in [4.78, 5) is 99.4. The number of halogens is 4. The zero-order chi connectivity index (χ0) is 80.7. The maximum absolute atomic E-state index is 12.8. The number of ketones is 1. The molecule has 14 aromatic rings. The van der Waals surface area contributed by atoms with Gasteiger partial charge in [-0.3, -0.25) is 4.79 Å². The lowest BCUT2D eigenvalue weighted by molar-refractivity contribution is 0.0526. The SMILES string of the molecule is CCC(=O)c1ccc(NC(=O)Nc2ccc(F)cc2)cc1.CCOC(=O)c1ccc(NC(=O)Nc2ccc(-c3ccnc(C)n3)cc2)cc1.Cc1nc2cc(NC(=O)Nc3ccc(F)cc3)ccc2s1.O=C(Nc1ccc(F)cc1)Nc1ccc(-n2cccc2)cc1.O=C(Nc1ccc(F)cc1)Nc1cccc(-c2cnco2)c1. The highest BCUT2D eigenvalue weighted by Crippen LogP contribution is 2.27. The topological polar surface area (TPSA) is 319 Å². The molecule has 4 heterocycles. The Labute approximate surface area is 655 Å². The van der Waals surface area contributed by atoms with Crippen LogP contribution in [-0.2, 0) is 4.74 Å². The Morgan fingerprint density at radius 3 is 1.23 bits per heavy atom. The summed E-state index contributed by atoms with van der Waals surface area (Å²) in [6.07, 6.45) is 8.99. The van der Waals surface area contributed by atoms with Crippen molar-refractivity contribution < 1.29 is 60.3 Å². The van der Waals surface area contributed by atoms with Gasteiger partial charge >= 0.3 is 36.1 Å². The number of ether oxygens (including phenoxy) is 1. The summed E-state index contributed by atoms with van der Waals surface area (Å²) in [7, 11) is 0. The van der Waals surface area contributed by atoms with Gasteiger partial charge < -0.3 is 66.9 Å². The normalized spacial score (nSPS) is 10.2. The molecule has 0 saturated heterocycles. The number of urea groups is 5. The maximum Gasteiger partial charge on any atom is 0.338 e. The molecule has 114 heavy (non-hydrogen) atoms. The lowest BCUT2D eigenvalue weighted by atomic mass is 10.1. The van der Waals surface area contributed by atoms with Gasteiger partial charge in [-0.15, -0.1) is 11.3 Å². The Kier molecular flexibility index (Phi) is 29.2. The van der Waals surface area contributed by atoms with Gasteiger partial charge in [-0.2, -0.15) is 0 Å². The van der Waals surface area contributed by atoms with E-state index in [4.69, 9.17) is 9.15 Å². The Hall–Kier alpha value is -15.1. The molecule has 0 aliphatic rings. The number of aromatic nitrogens is 5. The van der Waals surface area contributed by atoms with Crippen LogP contribution in [0.4, 0.5) is 98.4 Å². The van der Waals surface area contributed by atoms with E-state index in [-0.39, 0.29) is 47.1 Å². The first-order valence-electron chi connectivity index (χ1n) is 35.0. The van der Waals surface area contributed by atoms with E-state index in [2.05, 4.69) is 73.1 Å². The van der Waals surface area contributed by atoms with Gasteiger partial charge in [-0.1, -0.05) is 31.2 Å². The van der Waals surface area contributed by atoms with E-state index >= 15 is 0 Å². The quantitative estimate of drug-likeness (QED) is 0.0231. The fourth-order valence-electron chi connectivity index (χ4n) is 10.2. The van der Waals surface area contributed by atoms with Crippen LogP contribution in [0.1, 0.15) is 51.8 Å². The summed E-state index contributed by atoms with van der Waals surface area (Å²) >= 11 is 1.61. The van der Waals surface area contributed by atoms with Crippen LogP contribution >= 0.6 is 11.3 Å². The molecule has 14 rings (SSSR count). The van der Waals surface area contributed by atoms with Gasteiger partial charge in [-0.05, 0) is 251 Å². The molecule has 10 N–H and O–H groups in total. The number of oxazole rings is 1. The molecular formula is C85H73F4N15O9S. The second kappa shape index (κ2) is 40.9. The van der Waals surface area contributed by atoms with E-state index in [9.17, 15) is 51.1 Å². The number of fused-ring (bicyclic) bond motifs is 1. The van der Waals surface area contributed by atoms with Crippen molar-refractivity contribution in [2.75, 3.05) is 59.8 Å². The number of hydrogen-bond acceptors (Lipinski definition) is 14. The molecule has 29 heteroatoms. The van der Waals surface area contributed by atoms with E-state index < -0.39 is 18.0 Å². The van der Waals surface area contributed by atoms with E-state index in [0.29, 0.717) is 92.6 Å². The zero-order valence-corrected chi connectivity index (χ0v) is 62.2. The number of amides is 10. The van der Waals surface area contributed by atoms with Crippen LogP contribution in [0.25, 0.3) is 38.5 Å². The number of hydrogen-bond donors (Lipinski definition) is 10. The van der Waals surface area contributed by atoms with Crippen LogP contribution in [0.15, 0.2) is 290 Å². The smallest absolute Gasteiger partial charge is 0.338 e. The largest absolute Gasteiger partial charge is 0.462 e. The number of anilines is 10. The van der Waals surface area contributed by atoms with Gasteiger partial charge in [0.2, 0.25) is 0 Å². The molecule has 24 nitrogen and oxygen atoms in total. The third-order valence-electron chi connectivity index (χ3n) is 15.7. The molecule has 4 aromatic heterocycles. The minimum atomic E-state index is -0.434. The highest BCUT2D eigenvalue weighted by atomic mass is 32.1. The van der Waals surface area contributed by atoms with Crippen molar-refractivity contribution in [3.8, 4) is 28.3 Å². The summed E-state index contributed by atoms with van der Waals surface area (Å²) in [6.45, 7) is 7.64. The van der Waals surface area contributed by atoms with Crippen molar-refractivity contribution in [3.05, 3.63) is 331 Å². The first kappa shape index (κ1) is 81.4. The summed E-state index contributed by atoms with van der Waals surface area (Å²) in [5.74, 6) is -0.426. The summed E-state index contributed by atoms with van der Waals surface area (Å²) in [5.41, 5.74) is 11.3. The molecule has 0 bridgehead atoms. The summed E-state index contributed by atoms with van der Waals surface area (Å²) in [6, 6.07) is 66.6. The van der Waals surface area contributed by atoms with Gasteiger partial charge in [0.1, 0.15) is 29.1 Å². The standard InChI is InChI=1S/C21H20N4O3.C17H14FN3O.C16H12FN3O2.C16H15FN2O2.C15H12FN3OS/c1-3-28-20(26)16-6-10-18(11-7-16)25-21(27)24-17-8-4-15(5-9-17)19-12-13-22-14(2)23-19;18-13-3-5-14(6-4-13)19-17(22)20-15-7-9-16(10-8-15)21-11-1-2-12-21;17-12-4-6-13(7-5-12)19-16(21)20-14-3-1-2-11(8-14)15-9-18-10-22-15;1-2-15(20)11-3-7-13(8-4-11)18-16(21)19-14-9-5-12(17)6-10-14;1-9-17-13-8-12(6-7-14(13)21-9)19-15(20)18-11-4-2-10(16)3-5-11/h4-13H,3H2,1-2H3,(H2,24,25,27);1-12H,(H2,19,20,22);1-10H,(H2,19,20,21);3-10H,2H2,1H3,(H2,18,19,21);2-8H,1H3,(H2,18,19,20). The molecule has 0 radical (unpaired) electrons. The van der Waals surface area contributed by atoms with Gasteiger partial charge in [0, 0.05) is 104 Å². The van der Waals surface area contributed by atoms with Crippen LogP contribution in [0.5, 0.6) is 0 Å². The van der Waals surface area contributed by atoms with Crippen LogP contribution in [-0.4, -0.2) is 73.0 Å². The third-order valence-corrected chi connectivity index (χ3v) is 16.6. The van der Waals surface area contributed by atoms with Crippen molar-refractivity contribution in [1.29, 1.82) is 0 Å². The van der Waals surface area contributed by atoms with Crippen molar-refractivity contribution in [1.82, 2.24) is 24.5 Å². The van der Waals surface area contributed by atoms with Crippen LogP contribution in [0, 0.1) is 37.1 Å². The molecule has 0 atom stereocenters. The van der Waals surface area contributed by atoms with Gasteiger partial charge in [0.25, 0.3) is 0 Å². The Bertz CT molecular complexity index is 5520. The first-order valence-corrected chi connectivity index (χ1v) is 35.8. The highest BCUT2D eigenvalue weighted by molar-refractivity contribution is 7.18. The average Bonchev–Trinajstić information content (AvgIpc) is 1.87. The van der Waals surface area contributed by atoms with E-state index in [1.165, 1.54) is 103 Å². The second-order valence-corrected chi connectivity index (χ2v) is 25.4. The molecule has 0 aliphatic heterocycles. The van der Waals surface area contributed by atoms with Crippen molar-refractivity contribution in [2.24, 2.45) is 0 Å². The minimum Gasteiger partial charge on any atom is -0.462 e. The van der Waals surface area contributed by atoms with Crippen LogP contribution in [0.2, 0.25) is 0 Å². The number of benzene rings is 10. The fraction of sp³-hybridized carbons (Fsp3) is 0.0706. The Morgan fingerprint density at radius 2 is 0.816 bits per heavy atom. The Morgan fingerprint density at radius 1 is 0.421 bits per heavy atom. The number of rotatable bonds is 17. The number of thiazole rings is 1. The van der Waals surface area contributed by atoms with E-state index in [1.807, 2.05) is 110 Å². The molecule has 0 saturated carbocycles. The molecule has 10 aromatic carbocycles. The molecule has 0 unspecified atom stereocenters. The highest BCUT2D eigenvalue weighted by Gasteiger charge is 2.13. The molecule has 576 valence electrons. The number of esters is 1. The lowest BCUT2D eigenvalue weighted by Crippen LogP contribution is -2.19. The number of Topliss-reactive ketones (excluding diaryl/α,β-unsaturated/α-hetero) is 1. The minimum absolute atomic E-state index is 0.0531. The van der Waals surface area contributed by atoms with Gasteiger partial charge in [0.15, 0.2) is 17.9 Å². The monoisotopic (exact) mass is 1560 g/mol. The first-order chi connectivity index (χ1) is 55.1. The molecular weight excluding hydrogens is 1480 g/mol. The number of carbonyl (C=O) groups excluding carboxylic acids is 7. The Balaban J connectivity index is 0.000000151. The van der Waals surface area contributed by atoms with E-state index in [0.717, 1.165) is 37.7 Å². The number of carbonyl (C=O) groups is 7. The molecule has 0 aliphatic carbocycles. The fourth-order valence-corrected chi connectivity index (χ4v) is 11.0. The van der Waals surface area contributed by atoms with Gasteiger partial charge in [0.05, 0.1) is 39.3 Å². The zero-order valence-electron chi connectivity index (χ0n) is 61.4. The summed E-state index contributed by atoms with van der Waals surface area (Å²) < 4.78 is 64.3. The number of nitrogens with one attached hydrogen (secondary N) is 10. The van der Waals surface area contributed by atoms with Gasteiger partial charge in [-0.25, -0.2) is 66.3 Å². The van der Waals surface area contributed by atoms with Crippen molar-refractivity contribution in [3.63, 3.8) is 0 Å². The van der Waals surface area contributed by atoms with Crippen LogP contribution < -0.4 is 53.2 Å².